The van der Waals surface area contributed by atoms with Crippen LogP contribution in [0, 0.1) is 0 Å². The van der Waals surface area contributed by atoms with E-state index in [-0.39, 0.29) is 0 Å². The molecule has 2 heterocycles. The summed E-state index contributed by atoms with van der Waals surface area (Å²) in [6, 6.07) is 8.29. The van der Waals surface area contributed by atoms with E-state index in [0.717, 1.165) is 28.7 Å². The molecule has 0 bridgehead atoms. The molecule has 1 atom stereocenters. The highest BCUT2D eigenvalue weighted by Gasteiger charge is 2.13. The van der Waals surface area contributed by atoms with Crippen LogP contribution in [0.4, 0.5) is 0 Å². The highest BCUT2D eigenvalue weighted by Crippen LogP contribution is 2.18. The van der Waals surface area contributed by atoms with Crippen molar-refractivity contribution in [3.8, 4) is 5.69 Å². The van der Waals surface area contributed by atoms with Gasteiger partial charge in [0, 0.05) is 36.2 Å². The average Bonchev–Trinajstić information content (AvgIpc) is 3.19. The lowest BCUT2D eigenvalue weighted by atomic mass is 10.1. The first kappa shape index (κ1) is 14.8. The van der Waals surface area contributed by atoms with Gasteiger partial charge in [0.2, 0.25) is 5.89 Å². The first-order valence-electron chi connectivity index (χ1n) is 7.15. The van der Waals surface area contributed by atoms with Gasteiger partial charge in [0.05, 0.1) is 6.33 Å². The second kappa shape index (κ2) is 6.79. The Labute approximate surface area is 133 Å². The van der Waals surface area contributed by atoms with Gasteiger partial charge < -0.3 is 9.09 Å². The van der Waals surface area contributed by atoms with Crippen LogP contribution in [0.1, 0.15) is 30.1 Å². The summed E-state index contributed by atoms with van der Waals surface area (Å²) in [4.78, 5) is 8.54. The van der Waals surface area contributed by atoms with Gasteiger partial charge in [-0.2, -0.15) is 16.7 Å². The van der Waals surface area contributed by atoms with Crippen molar-refractivity contribution in [2.75, 3.05) is 12.0 Å². The molecule has 3 rings (SSSR count). The van der Waals surface area contributed by atoms with E-state index in [4.69, 9.17) is 4.52 Å². The van der Waals surface area contributed by atoms with E-state index in [1.807, 2.05) is 10.8 Å². The third-order valence-corrected chi connectivity index (χ3v) is 4.26. The fourth-order valence-electron chi connectivity index (χ4n) is 2.24. The van der Waals surface area contributed by atoms with Crippen molar-refractivity contribution < 1.29 is 4.52 Å². The second-order valence-electron chi connectivity index (χ2n) is 5.22. The van der Waals surface area contributed by atoms with Crippen LogP contribution >= 0.6 is 11.8 Å². The minimum Gasteiger partial charge on any atom is -0.339 e. The number of imidazole rings is 1. The van der Waals surface area contributed by atoms with Crippen LogP contribution in [0.3, 0.4) is 0 Å². The highest BCUT2D eigenvalue weighted by atomic mass is 32.2. The minimum absolute atomic E-state index is 0.292. The zero-order valence-corrected chi connectivity index (χ0v) is 13.5. The lowest BCUT2D eigenvalue weighted by Gasteiger charge is -2.03. The molecule has 0 saturated heterocycles. The number of benzene rings is 1. The molecule has 3 aromatic rings. The highest BCUT2D eigenvalue weighted by molar-refractivity contribution is 7.98. The molecule has 0 amide bonds. The van der Waals surface area contributed by atoms with Crippen molar-refractivity contribution in [2.45, 2.75) is 19.3 Å². The molecule has 0 fully saturated rings. The van der Waals surface area contributed by atoms with Gasteiger partial charge in [0.15, 0.2) is 5.82 Å². The van der Waals surface area contributed by atoms with Gasteiger partial charge in [0.1, 0.15) is 0 Å². The Balaban J connectivity index is 1.68. The Morgan fingerprint density at radius 1 is 1.27 bits per heavy atom. The fraction of sp³-hybridized carbons (Fsp3) is 0.312. The maximum Gasteiger partial charge on any atom is 0.230 e. The quantitative estimate of drug-likeness (QED) is 0.698. The van der Waals surface area contributed by atoms with Gasteiger partial charge in [0.25, 0.3) is 0 Å². The summed E-state index contributed by atoms with van der Waals surface area (Å²) in [5.74, 6) is 2.74. The normalized spacial score (nSPS) is 12.5. The van der Waals surface area contributed by atoms with Crippen molar-refractivity contribution in [1.29, 1.82) is 0 Å². The van der Waals surface area contributed by atoms with Crippen LogP contribution in [-0.2, 0) is 6.42 Å². The summed E-state index contributed by atoms with van der Waals surface area (Å²) >= 11 is 1.78. The molecule has 0 saturated carbocycles. The van der Waals surface area contributed by atoms with Crippen molar-refractivity contribution in [2.24, 2.45) is 0 Å². The summed E-state index contributed by atoms with van der Waals surface area (Å²) in [5, 5.41) is 4.08. The molecule has 0 aliphatic heterocycles. The average molecular weight is 314 g/mol. The molecule has 22 heavy (non-hydrogen) atoms. The summed E-state index contributed by atoms with van der Waals surface area (Å²) in [5.41, 5.74) is 2.25. The van der Waals surface area contributed by atoms with Gasteiger partial charge in [-0.1, -0.05) is 24.2 Å². The van der Waals surface area contributed by atoms with Crippen LogP contribution < -0.4 is 0 Å². The molecule has 6 heteroatoms. The SMILES string of the molecule is CSCC(C)c1nc(Cc2ccc(-n3ccnc3)cc2)no1. The standard InChI is InChI=1S/C16H18N4OS/c1-12(10-22-2)16-18-15(19-21-16)9-13-3-5-14(6-4-13)20-8-7-17-11-20/h3-8,11-12H,9-10H2,1-2H3. The van der Waals surface area contributed by atoms with Crippen molar-refractivity contribution in [3.05, 3.63) is 60.3 Å². The van der Waals surface area contributed by atoms with Crippen LogP contribution in [0.2, 0.25) is 0 Å². The zero-order valence-electron chi connectivity index (χ0n) is 12.6. The van der Waals surface area contributed by atoms with Gasteiger partial charge in [-0.25, -0.2) is 4.98 Å². The number of thioether (sulfide) groups is 1. The summed E-state index contributed by atoms with van der Waals surface area (Å²) < 4.78 is 7.32. The largest absolute Gasteiger partial charge is 0.339 e. The first-order chi connectivity index (χ1) is 10.8. The molecule has 0 aliphatic carbocycles. The Morgan fingerprint density at radius 3 is 2.77 bits per heavy atom. The molecule has 0 radical (unpaired) electrons. The number of rotatable bonds is 6. The molecular weight excluding hydrogens is 296 g/mol. The third-order valence-electron chi connectivity index (χ3n) is 3.42. The van der Waals surface area contributed by atoms with E-state index in [1.165, 1.54) is 0 Å². The molecule has 1 aromatic carbocycles. The molecule has 0 aliphatic rings. The summed E-state index contributed by atoms with van der Waals surface area (Å²) in [6.07, 6.45) is 8.24. The maximum absolute atomic E-state index is 5.35. The first-order valence-corrected chi connectivity index (χ1v) is 8.54. The van der Waals surface area contributed by atoms with E-state index in [0.29, 0.717) is 12.3 Å². The topological polar surface area (TPSA) is 56.7 Å². The van der Waals surface area contributed by atoms with Gasteiger partial charge in [-0.3, -0.25) is 0 Å². The molecule has 0 N–H and O–H groups in total. The van der Waals surface area contributed by atoms with E-state index >= 15 is 0 Å². The molecule has 114 valence electrons. The minimum atomic E-state index is 0.292. The predicted octanol–water partition coefficient (Wildman–Crippen LogP) is 3.31. The van der Waals surface area contributed by atoms with Crippen molar-refractivity contribution in [3.63, 3.8) is 0 Å². The molecule has 2 aromatic heterocycles. The maximum atomic E-state index is 5.35. The van der Waals surface area contributed by atoms with Crippen molar-refractivity contribution >= 4 is 11.8 Å². The van der Waals surface area contributed by atoms with Gasteiger partial charge >= 0.3 is 0 Å². The molecule has 0 spiro atoms. The number of hydrogen-bond acceptors (Lipinski definition) is 5. The van der Waals surface area contributed by atoms with E-state index in [1.54, 1.807) is 24.3 Å². The smallest absolute Gasteiger partial charge is 0.230 e. The van der Waals surface area contributed by atoms with Gasteiger partial charge in [-0.15, -0.1) is 0 Å². The Bertz CT molecular complexity index is 706. The Hall–Kier alpha value is -2.08. The number of aromatic nitrogens is 4. The lowest BCUT2D eigenvalue weighted by Crippen LogP contribution is -1.98. The number of hydrogen-bond donors (Lipinski definition) is 0. The predicted molar refractivity (Wildman–Crippen MR) is 87.5 cm³/mol. The Morgan fingerprint density at radius 2 is 2.09 bits per heavy atom. The summed E-state index contributed by atoms with van der Waals surface area (Å²) in [6.45, 7) is 2.10. The van der Waals surface area contributed by atoms with E-state index in [2.05, 4.69) is 52.6 Å². The second-order valence-corrected chi connectivity index (χ2v) is 6.13. The fourth-order valence-corrected chi connectivity index (χ4v) is 2.88. The van der Waals surface area contributed by atoms with E-state index in [9.17, 15) is 0 Å². The third kappa shape index (κ3) is 3.39. The van der Waals surface area contributed by atoms with Crippen LogP contribution in [0.15, 0.2) is 47.5 Å². The van der Waals surface area contributed by atoms with Gasteiger partial charge in [-0.05, 0) is 24.0 Å². The zero-order chi connectivity index (χ0) is 15.4. The summed E-state index contributed by atoms with van der Waals surface area (Å²) in [7, 11) is 0. The number of nitrogens with zero attached hydrogens (tertiary/aromatic N) is 4. The van der Waals surface area contributed by atoms with E-state index < -0.39 is 0 Å². The lowest BCUT2D eigenvalue weighted by molar-refractivity contribution is 0.362. The van der Waals surface area contributed by atoms with Crippen molar-refractivity contribution in [1.82, 2.24) is 19.7 Å². The molecule has 5 nitrogen and oxygen atoms in total. The molecular formula is C16H18N4OS. The molecule has 1 unspecified atom stereocenters. The monoisotopic (exact) mass is 314 g/mol. The van der Waals surface area contributed by atoms with Crippen LogP contribution in [0.25, 0.3) is 5.69 Å². The van der Waals surface area contributed by atoms with Crippen LogP contribution in [-0.4, -0.2) is 31.7 Å². The van der Waals surface area contributed by atoms with Crippen LogP contribution in [0.5, 0.6) is 0 Å². The Kier molecular flexibility index (Phi) is 4.58.